The fourth-order valence-electron chi connectivity index (χ4n) is 6.76. The predicted molar refractivity (Wildman–Crippen MR) is 193 cm³/mol. The zero-order valence-electron chi connectivity index (χ0n) is 28.7. The highest BCUT2D eigenvalue weighted by molar-refractivity contribution is 7.23. The summed E-state index contributed by atoms with van der Waals surface area (Å²) in [6.45, 7) is 4.93. The summed E-state index contributed by atoms with van der Waals surface area (Å²) in [4.78, 5) is 57.8. The van der Waals surface area contributed by atoms with Crippen LogP contribution >= 0.6 is 8.46 Å². The Morgan fingerprint density at radius 2 is 1.55 bits per heavy atom. The van der Waals surface area contributed by atoms with Crippen molar-refractivity contribution in [3.05, 3.63) is 102 Å². The zero-order valence-corrected chi connectivity index (χ0v) is 29.6. The summed E-state index contributed by atoms with van der Waals surface area (Å²) in [6.07, 6.45) is 4.64. The molecule has 9 nitrogen and oxygen atoms in total. The van der Waals surface area contributed by atoms with Crippen molar-refractivity contribution >= 4 is 37.8 Å². The highest BCUT2D eigenvalue weighted by Crippen LogP contribution is 2.34. The molecule has 0 saturated carbocycles. The molecule has 0 unspecified atom stereocenters. The topological polar surface area (TPSA) is 116 Å². The van der Waals surface area contributed by atoms with Crippen molar-refractivity contribution in [2.24, 2.45) is 5.92 Å². The summed E-state index contributed by atoms with van der Waals surface area (Å²) >= 11 is 0. The van der Waals surface area contributed by atoms with Crippen LogP contribution in [0.2, 0.25) is 0 Å². The number of unbranched alkanes of at least 4 members (excludes halogenated alkanes) is 1. The Hall–Kier alpha value is -4.36. The van der Waals surface area contributed by atoms with Crippen LogP contribution < -0.4 is 10.6 Å². The number of nitrogens with one attached hydrogen (secondary N) is 2. The van der Waals surface area contributed by atoms with Gasteiger partial charge in [0.2, 0.25) is 17.7 Å². The number of amides is 4. The fraction of sp³-hybridized carbons (Fsp3) is 0.436. The monoisotopic (exact) mass is 684 g/mol. The Morgan fingerprint density at radius 3 is 2.20 bits per heavy atom. The molecule has 4 rings (SSSR count). The Bertz CT molecular complexity index is 1520. The van der Waals surface area contributed by atoms with Gasteiger partial charge in [-0.25, -0.2) is 0 Å². The number of rotatable bonds is 18. The predicted octanol–water partition coefficient (Wildman–Crippen LogP) is 7.10. The van der Waals surface area contributed by atoms with Crippen molar-refractivity contribution in [3.63, 3.8) is 0 Å². The van der Waals surface area contributed by atoms with Crippen LogP contribution in [0.3, 0.4) is 0 Å². The van der Waals surface area contributed by atoms with Crippen LogP contribution in [-0.2, 0) is 25.4 Å². The second-order valence-corrected chi connectivity index (χ2v) is 13.7. The summed E-state index contributed by atoms with van der Waals surface area (Å²) in [7, 11) is -0.246. The quantitative estimate of drug-likeness (QED) is 0.110. The SMILES string of the molecule is CC(C)C[C@@](CCCCNC(=O)[C@@H]1CCCN1C(=O)c1ccccc1)(C(=O)Nc1ccccc1)N(CP=O)C(=O)CCCc1ccccc1. The molecule has 3 aromatic carbocycles. The summed E-state index contributed by atoms with van der Waals surface area (Å²) < 4.78 is 12.2. The van der Waals surface area contributed by atoms with E-state index in [1.165, 1.54) is 4.90 Å². The van der Waals surface area contributed by atoms with Crippen LogP contribution in [0, 0.1) is 5.92 Å². The van der Waals surface area contributed by atoms with Crippen LogP contribution in [0.4, 0.5) is 5.69 Å². The molecule has 1 aliphatic heterocycles. The van der Waals surface area contributed by atoms with Gasteiger partial charge < -0.3 is 20.4 Å². The number of hydrogen-bond acceptors (Lipinski definition) is 5. The molecule has 0 aromatic heterocycles. The van der Waals surface area contributed by atoms with E-state index in [1.54, 1.807) is 29.2 Å². The molecule has 2 N–H and O–H groups in total. The molecule has 0 bridgehead atoms. The molecule has 260 valence electrons. The van der Waals surface area contributed by atoms with E-state index in [4.69, 9.17) is 0 Å². The van der Waals surface area contributed by atoms with Crippen LogP contribution in [0.1, 0.15) is 81.1 Å². The van der Waals surface area contributed by atoms with E-state index >= 15 is 0 Å². The minimum Gasteiger partial charge on any atom is -0.354 e. The van der Waals surface area contributed by atoms with E-state index < -0.39 is 11.6 Å². The Labute approximate surface area is 292 Å². The van der Waals surface area contributed by atoms with Gasteiger partial charge in [-0.1, -0.05) is 80.6 Å². The van der Waals surface area contributed by atoms with Gasteiger partial charge in [0.15, 0.2) is 8.46 Å². The van der Waals surface area contributed by atoms with Crippen LogP contribution in [0.25, 0.3) is 0 Å². The second-order valence-electron chi connectivity index (χ2n) is 13.2. The summed E-state index contributed by atoms with van der Waals surface area (Å²) in [5.74, 6) is -0.789. The summed E-state index contributed by atoms with van der Waals surface area (Å²) in [5.41, 5.74) is 1.06. The zero-order chi connectivity index (χ0) is 35.1. The molecule has 49 heavy (non-hydrogen) atoms. The first-order valence-corrected chi connectivity index (χ1v) is 18.4. The van der Waals surface area contributed by atoms with Crippen molar-refractivity contribution in [1.82, 2.24) is 15.1 Å². The van der Waals surface area contributed by atoms with E-state index in [-0.39, 0.29) is 50.7 Å². The van der Waals surface area contributed by atoms with E-state index in [9.17, 15) is 23.7 Å². The molecule has 1 heterocycles. The van der Waals surface area contributed by atoms with Gasteiger partial charge in [-0.3, -0.25) is 23.7 Å². The van der Waals surface area contributed by atoms with E-state index in [0.717, 1.165) is 18.4 Å². The number of nitrogens with zero attached hydrogens (tertiary/aromatic N) is 2. The van der Waals surface area contributed by atoms with Crippen LogP contribution in [-0.4, -0.2) is 64.4 Å². The molecule has 3 aromatic rings. The Morgan fingerprint density at radius 1 is 0.898 bits per heavy atom. The molecule has 10 heteroatoms. The largest absolute Gasteiger partial charge is 0.354 e. The van der Waals surface area contributed by atoms with Crippen molar-refractivity contribution in [2.45, 2.75) is 83.2 Å². The Kier molecular flexibility index (Phi) is 14.5. The molecule has 1 fully saturated rings. The molecule has 0 spiro atoms. The minimum atomic E-state index is -1.25. The van der Waals surface area contributed by atoms with E-state index in [1.807, 2.05) is 80.6 Å². The number of benzene rings is 3. The third kappa shape index (κ3) is 10.6. The Balaban J connectivity index is 1.46. The van der Waals surface area contributed by atoms with Gasteiger partial charge in [-0.2, -0.15) is 0 Å². The molecule has 1 aliphatic rings. The van der Waals surface area contributed by atoms with E-state index in [0.29, 0.717) is 62.9 Å². The first-order chi connectivity index (χ1) is 23.7. The van der Waals surface area contributed by atoms with Gasteiger partial charge >= 0.3 is 0 Å². The first-order valence-electron chi connectivity index (χ1n) is 17.4. The number of para-hydroxylation sites is 1. The van der Waals surface area contributed by atoms with Crippen molar-refractivity contribution in [3.8, 4) is 0 Å². The standard InChI is InChI=1S/C39H49N4O5P/c1-30(2)28-39(38(47)41-33-21-10-5-11-22-33,43(29-49-48)35(44)24-14-18-31-16-6-3-7-17-31)25-12-13-26-40-36(45)34-23-15-27-42(34)37(46)32-19-8-4-9-20-32/h3-11,16-17,19-22,30,34H,12-15,18,23-29H2,1-2H3,(H,40,45)(H,41,47)/t34-,39-/m0/s1. The number of carbonyl (C=O) groups is 4. The number of carbonyl (C=O) groups excluding carboxylic acids is 4. The number of hydrogen-bond donors (Lipinski definition) is 2. The van der Waals surface area contributed by atoms with Crippen molar-refractivity contribution in [1.29, 1.82) is 0 Å². The highest BCUT2D eigenvalue weighted by Gasteiger charge is 2.46. The third-order valence-electron chi connectivity index (χ3n) is 9.07. The third-order valence-corrected chi connectivity index (χ3v) is 9.47. The van der Waals surface area contributed by atoms with Crippen LogP contribution in [0.15, 0.2) is 91.0 Å². The number of likely N-dealkylation sites (tertiary alicyclic amines) is 1. The lowest BCUT2D eigenvalue weighted by molar-refractivity contribution is -0.146. The van der Waals surface area contributed by atoms with Crippen LogP contribution in [0.5, 0.6) is 0 Å². The lowest BCUT2D eigenvalue weighted by atomic mass is 9.81. The summed E-state index contributed by atoms with van der Waals surface area (Å²) in [5, 5.41) is 6.06. The van der Waals surface area contributed by atoms with Crippen molar-refractivity contribution < 1.29 is 23.7 Å². The first kappa shape index (κ1) is 37.5. The normalized spacial score (nSPS) is 15.5. The smallest absolute Gasteiger partial charge is 0.254 e. The molecule has 2 atom stereocenters. The highest BCUT2D eigenvalue weighted by atomic mass is 31.1. The lowest BCUT2D eigenvalue weighted by Gasteiger charge is -2.43. The minimum absolute atomic E-state index is 0.0552. The van der Waals surface area contributed by atoms with Gasteiger partial charge in [0, 0.05) is 30.8 Å². The molecular formula is C39H49N4O5P. The van der Waals surface area contributed by atoms with Gasteiger partial charge in [-0.15, -0.1) is 0 Å². The second kappa shape index (κ2) is 19.0. The van der Waals surface area contributed by atoms with Gasteiger partial charge in [0.1, 0.15) is 17.9 Å². The summed E-state index contributed by atoms with van der Waals surface area (Å²) in [6, 6.07) is 27.6. The maximum Gasteiger partial charge on any atom is 0.254 e. The molecule has 1 saturated heterocycles. The van der Waals surface area contributed by atoms with Crippen molar-refractivity contribution in [2.75, 3.05) is 24.7 Å². The molecular weight excluding hydrogens is 635 g/mol. The fourth-order valence-corrected chi connectivity index (χ4v) is 7.30. The van der Waals surface area contributed by atoms with Gasteiger partial charge in [0.05, 0.1) is 0 Å². The average molecular weight is 685 g/mol. The maximum absolute atomic E-state index is 14.3. The number of aryl methyl sites for hydroxylation is 1. The average Bonchev–Trinajstić information content (AvgIpc) is 3.61. The lowest BCUT2D eigenvalue weighted by Crippen LogP contribution is -2.59. The van der Waals surface area contributed by atoms with Gasteiger partial charge in [0.25, 0.3) is 5.91 Å². The number of anilines is 1. The van der Waals surface area contributed by atoms with Gasteiger partial charge in [-0.05, 0) is 87.1 Å². The van der Waals surface area contributed by atoms with E-state index in [2.05, 4.69) is 10.6 Å². The molecule has 0 aliphatic carbocycles. The molecule has 4 amide bonds. The molecule has 0 radical (unpaired) electrons. The maximum atomic E-state index is 14.3.